The van der Waals surface area contributed by atoms with Crippen molar-refractivity contribution >= 4 is 46.7 Å². The fourth-order valence-electron chi connectivity index (χ4n) is 5.23. The Morgan fingerprint density at radius 1 is 0.882 bits per heavy atom. The van der Waals surface area contributed by atoms with Crippen LogP contribution in [0.3, 0.4) is 0 Å². The first-order valence-corrected chi connectivity index (χ1v) is 11.4. The van der Waals surface area contributed by atoms with Gasteiger partial charge in [0.2, 0.25) is 11.8 Å². The van der Waals surface area contributed by atoms with E-state index in [1.54, 1.807) is 66.7 Å². The van der Waals surface area contributed by atoms with Crippen LogP contribution in [0.15, 0.2) is 78.9 Å². The van der Waals surface area contributed by atoms with Crippen LogP contribution in [0.5, 0.6) is 0 Å². The van der Waals surface area contributed by atoms with Gasteiger partial charge >= 0.3 is 5.97 Å². The second-order valence-corrected chi connectivity index (χ2v) is 9.20. The van der Waals surface area contributed by atoms with Gasteiger partial charge in [0.05, 0.1) is 30.2 Å². The Morgan fingerprint density at radius 2 is 1.47 bits per heavy atom. The van der Waals surface area contributed by atoms with Gasteiger partial charge in [0.25, 0.3) is 0 Å². The van der Waals surface area contributed by atoms with Crippen molar-refractivity contribution in [3.8, 4) is 0 Å². The molecule has 0 spiro atoms. The summed E-state index contributed by atoms with van der Waals surface area (Å²) in [6.45, 7) is 0. The molecule has 6 nitrogen and oxygen atoms in total. The van der Waals surface area contributed by atoms with Crippen molar-refractivity contribution in [1.29, 1.82) is 0 Å². The summed E-state index contributed by atoms with van der Waals surface area (Å²) in [5.41, 5.74) is 0.469. The molecule has 8 heteroatoms. The maximum Gasteiger partial charge on any atom is 0.323 e. The van der Waals surface area contributed by atoms with Gasteiger partial charge < -0.3 is 4.74 Å². The number of esters is 1. The molecule has 2 amide bonds. The molecule has 172 valence electrons. The molecule has 3 aromatic rings. The van der Waals surface area contributed by atoms with Crippen LogP contribution in [0.2, 0.25) is 10.0 Å². The molecule has 34 heavy (non-hydrogen) atoms. The van der Waals surface area contributed by atoms with Gasteiger partial charge in [0.15, 0.2) is 0 Å². The standard InChI is InChI=1S/C26H20Cl2N2O4/c1-34-25(33)22-20-21(24(32)30(23(20)31)19-11-3-2-4-12-19)26(29-22,15-7-5-9-17(27)13-15)16-8-6-10-18(28)14-16/h2-14,20-22,29H,1H3/t20-,21-,22+/m0/s1. The Hall–Kier alpha value is -3.19. The number of anilines is 1. The Kier molecular flexibility index (Phi) is 5.68. The molecule has 1 N–H and O–H groups in total. The van der Waals surface area contributed by atoms with Gasteiger partial charge in [-0.1, -0.05) is 65.7 Å². The quantitative estimate of drug-likeness (QED) is 0.434. The summed E-state index contributed by atoms with van der Waals surface area (Å²) < 4.78 is 5.04. The molecule has 0 unspecified atom stereocenters. The first-order chi connectivity index (χ1) is 16.4. The van der Waals surface area contributed by atoms with E-state index < -0.39 is 41.2 Å². The van der Waals surface area contributed by atoms with E-state index in [1.165, 1.54) is 7.11 Å². The molecule has 0 radical (unpaired) electrons. The molecule has 3 atom stereocenters. The fraction of sp³-hybridized carbons (Fsp3) is 0.192. The molecule has 0 aromatic heterocycles. The lowest BCUT2D eigenvalue weighted by Gasteiger charge is -2.36. The van der Waals surface area contributed by atoms with E-state index in [4.69, 9.17) is 27.9 Å². The third-order valence-corrected chi connectivity index (χ3v) is 7.06. The number of methoxy groups -OCH3 is 1. The number of nitrogens with zero attached hydrogens (tertiary/aromatic N) is 1. The molecule has 0 aliphatic carbocycles. The highest BCUT2D eigenvalue weighted by atomic mass is 35.5. The Bertz CT molecular complexity index is 1250. The summed E-state index contributed by atoms with van der Waals surface area (Å²) >= 11 is 12.7. The fourth-order valence-corrected chi connectivity index (χ4v) is 5.61. The molecular weight excluding hydrogens is 475 g/mol. The smallest absolute Gasteiger partial charge is 0.323 e. The minimum atomic E-state index is -1.25. The van der Waals surface area contributed by atoms with Crippen LogP contribution in [0.25, 0.3) is 0 Å². The second kappa shape index (κ2) is 8.55. The third kappa shape index (κ3) is 3.33. The summed E-state index contributed by atoms with van der Waals surface area (Å²) in [6, 6.07) is 21.7. The largest absolute Gasteiger partial charge is 0.468 e. The number of ether oxygens (including phenoxy) is 1. The summed E-state index contributed by atoms with van der Waals surface area (Å²) in [5.74, 6) is -3.44. The first kappa shape index (κ1) is 22.6. The number of carbonyl (C=O) groups is 3. The first-order valence-electron chi connectivity index (χ1n) is 10.7. The summed E-state index contributed by atoms with van der Waals surface area (Å²) in [5, 5.41) is 4.23. The maximum absolute atomic E-state index is 14.0. The topological polar surface area (TPSA) is 75.7 Å². The van der Waals surface area contributed by atoms with Gasteiger partial charge in [-0.2, -0.15) is 0 Å². The zero-order chi connectivity index (χ0) is 24.0. The van der Waals surface area contributed by atoms with Crippen LogP contribution < -0.4 is 10.2 Å². The van der Waals surface area contributed by atoms with Gasteiger partial charge in [-0.05, 0) is 47.5 Å². The van der Waals surface area contributed by atoms with E-state index in [0.717, 1.165) is 4.90 Å². The Morgan fingerprint density at radius 3 is 2.00 bits per heavy atom. The minimum Gasteiger partial charge on any atom is -0.468 e. The van der Waals surface area contributed by atoms with Crippen LogP contribution in [-0.2, 0) is 24.7 Å². The predicted molar refractivity (Wildman–Crippen MR) is 129 cm³/mol. The van der Waals surface area contributed by atoms with Crippen molar-refractivity contribution in [2.24, 2.45) is 11.8 Å². The number of para-hydroxylation sites is 1. The van der Waals surface area contributed by atoms with Crippen LogP contribution in [0, 0.1) is 11.8 Å². The number of nitrogens with one attached hydrogen (secondary N) is 1. The lowest BCUT2D eigenvalue weighted by molar-refractivity contribution is -0.145. The van der Waals surface area contributed by atoms with Crippen LogP contribution in [0.4, 0.5) is 5.69 Å². The van der Waals surface area contributed by atoms with E-state index >= 15 is 0 Å². The summed E-state index contributed by atoms with van der Waals surface area (Å²) in [7, 11) is 1.26. The van der Waals surface area contributed by atoms with E-state index in [0.29, 0.717) is 26.9 Å². The van der Waals surface area contributed by atoms with Crippen molar-refractivity contribution in [2.45, 2.75) is 11.6 Å². The predicted octanol–water partition coefficient (Wildman–Crippen LogP) is 4.19. The van der Waals surface area contributed by atoms with Crippen molar-refractivity contribution in [3.63, 3.8) is 0 Å². The number of carbonyl (C=O) groups excluding carboxylic acids is 3. The highest BCUT2D eigenvalue weighted by Gasteiger charge is 2.68. The molecule has 2 aliphatic rings. The molecule has 2 heterocycles. The van der Waals surface area contributed by atoms with Crippen molar-refractivity contribution < 1.29 is 19.1 Å². The van der Waals surface area contributed by atoms with Crippen LogP contribution in [-0.4, -0.2) is 30.9 Å². The average molecular weight is 495 g/mol. The van der Waals surface area contributed by atoms with Gasteiger partial charge in [-0.25, -0.2) is 4.90 Å². The van der Waals surface area contributed by atoms with E-state index in [-0.39, 0.29) is 0 Å². The lowest BCUT2D eigenvalue weighted by Crippen LogP contribution is -2.52. The van der Waals surface area contributed by atoms with Gasteiger partial charge in [-0.3, -0.25) is 19.7 Å². The van der Waals surface area contributed by atoms with E-state index in [1.807, 2.05) is 12.1 Å². The summed E-state index contributed by atoms with van der Waals surface area (Å²) in [4.78, 5) is 41.8. The number of imide groups is 1. The summed E-state index contributed by atoms with van der Waals surface area (Å²) in [6.07, 6.45) is 0. The highest BCUT2D eigenvalue weighted by molar-refractivity contribution is 6.31. The number of amides is 2. The average Bonchev–Trinajstić information content (AvgIpc) is 3.33. The number of fused-ring (bicyclic) bond motifs is 1. The molecule has 2 saturated heterocycles. The Labute approximate surface area is 206 Å². The number of benzene rings is 3. The third-order valence-electron chi connectivity index (χ3n) is 6.59. The zero-order valence-corrected chi connectivity index (χ0v) is 19.6. The zero-order valence-electron chi connectivity index (χ0n) is 18.1. The van der Waals surface area contributed by atoms with Crippen LogP contribution >= 0.6 is 23.2 Å². The Balaban J connectivity index is 1.79. The van der Waals surface area contributed by atoms with Crippen molar-refractivity contribution in [2.75, 3.05) is 12.0 Å². The molecule has 2 aliphatic heterocycles. The molecular formula is C26H20Cl2N2O4. The molecule has 5 rings (SSSR count). The minimum absolute atomic E-state index is 0.417. The molecule has 3 aromatic carbocycles. The van der Waals surface area contributed by atoms with Gasteiger partial charge in [0.1, 0.15) is 6.04 Å². The molecule has 0 saturated carbocycles. The molecule has 2 fully saturated rings. The SMILES string of the molecule is COC(=O)[C@@H]1NC(c2cccc(Cl)c2)(c2cccc(Cl)c2)[C@@H]2C(=O)N(c3ccccc3)C(=O)[C@@H]21. The molecule has 0 bridgehead atoms. The lowest BCUT2D eigenvalue weighted by atomic mass is 9.71. The number of rotatable bonds is 4. The normalized spacial score (nSPS) is 23.1. The monoisotopic (exact) mass is 494 g/mol. The van der Waals surface area contributed by atoms with Crippen LogP contribution in [0.1, 0.15) is 11.1 Å². The van der Waals surface area contributed by atoms with E-state index in [9.17, 15) is 14.4 Å². The highest BCUT2D eigenvalue weighted by Crippen LogP contribution is 2.53. The van der Waals surface area contributed by atoms with Gasteiger partial charge in [0, 0.05) is 10.0 Å². The maximum atomic E-state index is 14.0. The number of hydrogen-bond donors (Lipinski definition) is 1. The number of hydrogen-bond acceptors (Lipinski definition) is 5. The van der Waals surface area contributed by atoms with Gasteiger partial charge in [-0.15, -0.1) is 0 Å². The van der Waals surface area contributed by atoms with E-state index in [2.05, 4.69) is 5.32 Å². The van der Waals surface area contributed by atoms with Crippen molar-refractivity contribution in [3.05, 3.63) is 100 Å². The van der Waals surface area contributed by atoms with Crippen molar-refractivity contribution in [1.82, 2.24) is 5.32 Å². The second-order valence-electron chi connectivity index (χ2n) is 8.32. The number of halogens is 2.